The Morgan fingerprint density at radius 3 is 2.79 bits per heavy atom. The number of halogens is 1. The summed E-state index contributed by atoms with van der Waals surface area (Å²) in [7, 11) is -1.25. The number of hydrogen-bond acceptors (Lipinski definition) is 6. The topological polar surface area (TPSA) is 131 Å². The summed E-state index contributed by atoms with van der Waals surface area (Å²) in [6.45, 7) is 10.4. The molecular formula is C27H34ClN7O3Si. The smallest absolute Gasteiger partial charge is 0.255 e. The number of likely N-dealkylation sites (tertiary alicyclic amines) is 1. The normalized spacial score (nSPS) is 15.1. The summed E-state index contributed by atoms with van der Waals surface area (Å²) in [4.78, 5) is 40.6. The van der Waals surface area contributed by atoms with Gasteiger partial charge >= 0.3 is 0 Å². The van der Waals surface area contributed by atoms with Crippen LogP contribution in [0.1, 0.15) is 17.3 Å². The van der Waals surface area contributed by atoms with Crippen LogP contribution in [0.2, 0.25) is 30.7 Å². The summed E-state index contributed by atoms with van der Waals surface area (Å²) in [6.07, 6.45) is 5.24. The third-order valence-corrected chi connectivity index (χ3v) is 8.84. The van der Waals surface area contributed by atoms with Crippen molar-refractivity contribution < 1.29 is 14.3 Å². The number of amides is 2. The molecule has 0 saturated carbocycles. The van der Waals surface area contributed by atoms with Gasteiger partial charge in [-0.1, -0.05) is 37.3 Å². The standard InChI is InChI=1S/C27H34ClN7O3Si/c1-16(27(37)34-12-18(29)13-34)32-26(36)21-14-35(15-38-7-8-39(2,3)4)25-24(21)33-23(11-31-25)20-10-30-22-9-17(28)5-6-19(20)22/h5-6,9-11,14,16,18,30H,7-8,12-13,15,29H2,1-4H3,(H,32,36)/t16-/m1/s1. The van der Waals surface area contributed by atoms with Crippen molar-refractivity contribution in [2.75, 3.05) is 19.7 Å². The Balaban J connectivity index is 1.46. The average Bonchev–Trinajstić information content (AvgIpc) is 3.44. The lowest BCUT2D eigenvalue weighted by Gasteiger charge is -2.38. The van der Waals surface area contributed by atoms with Crippen LogP contribution < -0.4 is 11.1 Å². The van der Waals surface area contributed by atoms with Crippen LogP contribution in [0, 0.1) is 0 Å². The number of hydrogen-bond donors (Lipinski definition) is 3. The SMILES string of the molecule is C[C@@H](NC(=O)c1cn(COCC[Si](C)(C)C)c2ncc(-c3c[nH]c4cc(Cl)ccc34)nc12)C(=O)N1CC(N)C1. The van der Waals surface area contributed by atoms with Crippen molar-refractivity contribution in [3.05, 3.63) is 47.4 Å². The fourth-order valence-corrected chi connectivity index (χ4v) is 5.53. The summed E-state index contributed by atoms with van der Waals surface area (Å²) >= 11 is 6.15. The van der Waals surface area contributed by atoms with E-state index in [4.69, 9.17) is 27.1 Å². The van der Waals surface area contributed by atoms with Gasteiger partial charge < -0.3 is 30.2 Å². The summed E-state index contributed by atoms with van der Waals surface area (Å²) in [5, 5.41) is 4.41. The molecule has 0 spiro atoms. The van der Waals surface area contributed by atoms with E-state index in [9.17, 15) is 9.59 Å². The first-order valence-electron chi connectivity index (χ1n) is 13.1. The maximum absolute atomic E-state index is 13.4. The van der Waals surface area contributed by atoms with Crippen molar-refractivity contribution in [2.45, 2.75) is 51.4 Å². The molecule has 1 aliphatic rings. The molecule has 1 fully saturated rings. The number of rotatable bonds is 9. The monoisotopic (exact) mass is 567 g/mol. The van der Waals surface area contributed by atoms with Crippen LogP contribution in [0.25, 0.3) is 33.3 Å². The van der Waals surface area contributed by atoms with E-state index in [1.807, 2.05) is 24.4 Å². The molecule has 4 heterocycles. The van der Waals surface area contributed by atoms with Crippen molar-refractivity contribution >= 4 is 53.6 Å². The number of nitrogens with one attached hydrogen (secondary N) is 2. The lowest BCUT2D eigenvalue weighted by Crippen LogP contribution is -2.61. The van der Waals surface area contributed by atoms with Gasteiger partial charge in [0.05, 0.1) is 17.5 Å². The first-order chi connectivity index (χ1) is 18.5. The minimum Gasteiger partial charge on any atom is -0.361 e. The molecule has 0 unspecified atom stereocenters. The van der Waals surface area contributed by atoms with Crippen molar-refractivity contribution in [2.24, 2.45) is 5.73 Å². The van der Waals surface area contributed by atoms with Crippen molar-refractivity contribution in [3.63, 3.8) is 0 Å². The van der Waals surface area contributed by atoms with Crippen LogP contribution in [0.3, 0.4) is 0 Å². The highest BCUT2D eigenvalue weighted by Crippen LogP contribution is 2.30. The molecule has 0 radical (unpaired) electrons. The molecule has 2 amide bonds. The number of fused-ring (bicyclic) bond motifs is 2. The van der Waals surface area contributed by atoms with Gasteiger partial charge in [0.15, 0.2) is 5.65 Å². The van der Waals surface area contributed by atoms with E-state index in [0.717, 1.165) is 22.5 Å². The maximum atomic E-state index is 13.4. The zero-order valence-electron chi connectivity index (χ0n) is 22.6. The van der Waals surface area contributed by atoms with E-state index < -0.39 is 20.0 Å². The first-order valence-corrected chi connectivity index (χ1v) is 17.1. The van der Waals surface area contributed by atoms with E-state index in [1.54, 1.807) is 28.8 Å². The zero-order valence-corrected chi connectivity index (χ0v) is 24.4. The number of carbonyl (C=O) groups excluding carboxylic acids is 2. The van der Waals surface area contributed by atoms with Crippen molar-refractivity contribution in [3.8, 4) is 11.3 Å². The molecule has 10 nitrogen and oxygen atoms in total. The van der Waals surface area contributed by atoms with E-state index >= 15 is 0 Å². The second kappa shape index (κ2) is 10.7. The molecule has 0 bridgehead atoms. The fourth-order valence-electron chi connectivity index (χ4n) is 4.60. The van der Waals surface area contributed by atoms with Gasteiger partial charge in [-0.25, -0.2) is 9.97 Å². The van der Waals surface area contributed by atoms with Crippen LogP contribution in [-0.4, -0.2) is 76.1 Å². The molecule has 1 saturated heterocycles. The van der Waals surface area contributed by atoms with Crippen LogP contribution >= 0.6 is 11.6 Å². The second-order valence-corrected chi connectivity index (χ2v) is 17.4. The molecule has 39 heavy (non-hydrogen) atoms. The van der Waals surface area contributed by atoms with E-state index in [-0.39, 0.29) is 18.7 Å². The Morgan fingerprint density at radius 1 is 1.31 bits per heavy atom. The maximum Gasteiger partial charge on any atom is 0.255 e. The molecule has 4 N–H and O–H groups in total. The molecule has 1 aliphatic heterocycles. The van der Waals surface area contributed by atoms with E-state index in [2.05, 4.69) is 34.9 Å². The molecule has 12 heteroatoms. The van der Waals surface area contributed by atoms with E-state index in [1.165, 1.54) is 0 Å². The van der Waals surface area contributed by atoms with Gasteiger partial charge in [0, 0.05) is 67.7 Å². The summed E-state index contributed by atoms with van der Waals surface area (Å²) < 4.78 is 7.75. The highest BCUT2D eigenvalue weighted by atomic mass is 35.5. The third kappa shape index (κ3) is 5.86. The van der Waals surface area contributed by atoms with Crippen LogP contribution in [-0.2, 0) is 16.3 Å². The predicted octanol–water partition coefficient (Wildman–Crippen LogP) is 3.83. The Kier molecular flexibility index (Phi) is 7.51. The molecule has 206 valence electrons. The minimum atomic E-state index is -1.25. The third-order valence-electron chi connectivity index (χ3n) is 6.90. The first kappa shape index (κ1) is 27.3. The predicted molar refractivity (Wildman–Crippen MR) is 155 cm³/mol. The van der Waals surface area contributed by atoms with Gasteiger partial charge in [-0.15, -0.1) is 0 Å². The average molecular weight is 568 g/mol. The lowest BCUT2D eigenvalue weighted by atomic mass is 10.1. The zero-order chi connectivity index (χ0) is 27.9. The largest absolute Gasteiger partial charge is 0.361 e. The lowest BCUT2D eigenvalue weighted by molar-refractivity contribution is -0.137. The van der Waals surface area contributed by atoms with Gasteiger partial charge in [-0.2, -0.15) is 0 Å². The number of aromatic nitrogens is 4. The summed E-state index contributed by atoms with van der Waals surface area (Å²) in [5.41, 5.74) is 9.46. The number of ether oxygens (including phenoxy) is 1. The van der Waals surface area contributed by atoms with E-state index in [0.29, 0.717) is 47.1 Å². The molecule has 4 aromatic rings. The summed E-state index contributed by atoms with van der Waals surface area (Å²) in [6, 6.07) is 5.91. The van der Waals surface area contributed by atoms with Crippen molar-refractivity contribution in [1.82, 2.24) is 29.7 Å². The van der Waals surface area contributed by atoms with Gasteiger partial charge in [-0.3, -0.25) is 9.59 Å². The number of benzene rings is 1. The molecule has 0 aliphatic carbocycles. The number of nitrogens with zero attached hydrogens (tertiary/aromatic N) is 4. The van der Waals surface area contributed by atoms with Crippen LogP contribution in [0.5, 0.6) is 0 Å². The highest BCUT2D eigenvalue weighted by Gasteiger charge is 2.32. The van der Waals surface area contributed by atoms with Gasteiger partial charge in [0.1, 0.15) is 18.3 Å². The summed E-state index contributed by atoms with van der Waals surface area (Å²) in [5.74, 6) is -0.559. The second-order valence-electron chi connectivity index (χ2n) is 11.4. The Bertz CT molecular complexity index is 1540. The van der Waals surface area contributed by atoms with Gasteiger partial charge in [0.2, 0.25) is 5.91 Å². The molecule has 3 aromatic heterocycles. The number of carbonyl (C=O) groups is 2. The quantitative estimate of drug-likeness (QED) is 0.208. The Hall–Kier alpha value is -3.25. The highest BCUT2D eigenvalue weighted by molar-refractivity contribution is 6.76. The number of nitrogens with two attached hydrogens (primary N) is 1. The molecule has 1 aromatic carbocycles. The van der Waals surface area contributed by atoms with Gasteiger partial charge in [-0.05, 0) is 25.1 Å². The molecule has 5 rings (SSSR count). The van der Waals surface area contributed by atoms with Crippen LogP contribution in [0.4, 0.5) is 0 Å². The van der Waals surface area contributed by atoms with Crippen molar-refractivity contribution in [1.29, 1.82) is 0 Å². The Labute approximate surface area is 232 Å². The fraction of sp³-hybridized carbons (Fsp3) is 0.407. The number of aromatic amines is 1. The molecular weight excluding hydrogens is 534 g/mol. The number of H-pyrrole nitrogens is 1. The van der Waals surface area contributed by atoms with Crippen LogP contribution in [0.15, 0.2) is 36.8 Å². The molecule has 1 atom stereocenters. The Morgan fingerprint density at radius 2 is 2.08 bits per heavy atom. The van der Waals surface area contributed by atoms with Gasteiger partial charge in [0.25, 0.3) is 5.91 Å². The minimum absolute atomic E-state index is 0.00925.